The number of anilines is 1. The third kappa shape index (κ3) is 2.86. The van der Waals surface area contributed by atoms with Gasteiger partial charge in [0.15, 0.2) is 17.2 Å². The summed E-state index contributed by atoms with van der Waals surface area (Å²) in [5.74, 6) is 1.11. The zero-order valence-corrected chi connectivity index (χ0v) is 17.6. The van der Waals surface area contributed by atoms with Gasteiger partial charge in [-0.3, -0.25) is 14.2 Å². The summed E-state index contributed by atoms with van der Waals surface area (Å²) >= 11 is 0. The van der Waals surface area contributed by atoms with Crippen LogP contribution in [0.15, 0.2) is 12.1 Å². The highest BCUT2D eigenvalue weighted by molar-refractivity contribution is 6.06. The van der Waals surface area contributed by atoms with Gasteiger partial charge in [0, 0.05) is 31.1 Å². The fraction of sp³-hybridized carbons (Fsp3) is 0.381. The first kappa shape index (κ1) is 19.0. The largest absolute Gasteiger partial charge is 0.493 e. The number of methoxy groups -OCH3 is 2. The molecule has 1 N–H and O–H groups in total. The summed E-state index contributed by atoms with van der Waals surface area (Å²) in [6.45, 7) is 6.62. The van der Waals surface area contributed by atoms with Gasteiger partial charge < -0.3 is 14.8 Å². The molecule has 152 valence electrons. The second-order valence-corrected chi connectivity index (χ2v) is 7.16. The minimum atomic E-state index is -0.226. The monoisotopic (exact) mass is 395 g/mol. The van der Waals surface area contributed by atoms with Crippen LogP contribution in [0.3, 0.4) is 0 Å². The van der Waals surface area contributed by atoms with Gasteiger partial charge in [0.25, 0.3) is 5.91 Å². The fourth-order valence-corrected chi connectivity index (χ4v) is 4.09. The molecule has 0 bridgehead atoms. The van der Waals surface area contributed by atoms with Crippen LogP contribution in [-0.2, 0) is 20.0 Å². The third-order valence-electron chi connectivity index (χ3n) is 5.51. The van der Waals surface area contributed by atoms with Crippen molar-refractivity contribution in [2.45, 2.75) is 33.7 Å². The predicted molar refractivity (Wildman–Crippen MR) is 110 cm³/mol. The molecule has 0 saturated carbocycles. The minimum absolute atomic E-state index is 0.226. The van der Waals surface area contributed by atoms with Crippen LogP contribution in [0.1, 0.15) is 39.9 Å². The average molecular weight is 395 g/mol. The molecule has 1 aromatic carbocycles. The van der Waals surface area contributed by atoms with E-state index in [-0.39, 0.29) is 5.91 Å². The van der Waals surface area contributed by atoms with Crippen molar-refractivity contribution in [3.63, 3.8) is 0 Å². The fourth-order valence-electron chi connectivity index (χ4n) is 4.09. The molecule has 8 heteroatoms. The van der Waals surface area contributed by atoms with E-state index in [2.05, 4.69) is 15.5 Å². The van der Waals surface area contributed by atoms with Gasteiger partial charge in [-0.05, 0) is 38.5 Å². The van der Waals surface area contributed by atoms with Crippen molar-refractivity contribution in [2.75, 3.05) is 19.5 Å². The van der Waals surface area contributed by atoms with E-state index in [4.69, 9.17) is 9.47 Å². The van der Waals surface area contributed by atoms with Crippen LogP contribution >= 0.6 is 0 Å². The molecule has 1 aliphatic carbocycles. The average Bonchev–Trinajstić information content (AvgIpc) is 3.33. The van der Waals surface area contributed by atoms with E-state index in [1.165, 1.54) is 0 Å². The third-order valence-corrected chi connectivity index (χ3v) is 5.51. The van der Waals surface area contributed by atoms with E-state index in [0.717, 1.165) is 46.0 Å². The molecule has 3 aromatic rings. The van der Waals surface area contributed by atoms with E-state index < -0.39 is 0 Å². The van der Waals surface area contributed by atoms with Gasteiger partial charge in [-0.1, -0.05) is 0 Å². The van der Waals surface area contributed by atoms with Crippen LogP contribution in [0.5, 0.6) is 11.5 Å². The molecular formula is C21H25N5O3. The van der Waals surface area contributed by atoms with Gasteiger partial charge in [-0.2, -0.15) is 10.2 Å². The normalized spacial score (nSPS) is 11.9. The highest BCUT2D eigenvalue weighted by Crippen LogP contribution is 2.43. The molecule has 0 radical (unpaired) electrons. The van der Waals surface area contributed by atoms with Gasteiger partial charge >= 0.3 is 0 Å². The van der Waals surface area contributed by atoms with Gasteiger partial charge in [0.05, 0.1) is 37.0 Å². The number of amides is 1. The Bertz CT molecular complexity index is 1130. The highest BCUT2D eigenvalue weighted by atomic mass is 16.5. The number of ether oxygens (including phenoxy) is 2. The Labute approximate surface area is 169 Å². The summed E-state index contributed by atoms with van der Waals surface area (Å²) in [6.07, 6.45) is 0.619. The Balaban J connectivity index is 1.72. The number of fused-ring (bicyclic) bond motifs is 3. The van der Waals surface area contributed by atoms with Crippen molar-refractivity contribution in [3.8, 4) is 22.8 Å². The lowest BCUT2D eigenvalue weighted by molar-refractivity contribution is 0.102. The quantitative estimate of drug-likeness (QED) is 0.561. The predicted octanol–water partition coefficient (Wildman–Crippen LogP) is 3.09. The van der Waals surface area contributed by atoms with Crippen LogP contribution in [0.25, 0.3) is 11.3 Å². The van der Waals surface area contributed by atoms with E-state index >= 15 is 0 Å². The van der Waals surface area contributed by atoms with Crippen LogP contribution in [0.2, 0.25) is 0 Å². The van der Waals surface area contributed by atoms with Gasteiger partial charge in [-0.15, -0.1) is 0 Å². The summed E-state index contributed by atoms with van der Waals surface area (Å²) < 4.78 is 14.5. The molecule has 0 aliphatic heterocycles. The number of aryl methyl sites for hydroxylation is 3. The van der Waals surface area contributed by atoms with Crippen molar-refractivity contribution >= 4 is 11.6 Å². The van der Waals surface area contributed by atoms with Crippen molar-refractivity contribution in [2.24, 2.45) is 7.05 Å². The van der Waals surface area contributed by atoms with Crippen molar-refractivity contribution in [1.29, 1.82) is 0 Å². The zero-order chi connectivity index (χ0) is 20.9. The number of rotatable bonds is 5. The number of carbonyl (C=O) groups is 1. The number of nitrogens with zero attached hydrogens (tertiary/aromatic N) is 4. The second-order valence-electron chi connectivity index (χ2n) is 7.16. The van der Waals surface area contributed by atoms with E-state index in [0.29, 0.717) is 23.6 Å². The summed E-state index contributed by atoms with van der Waals surface area (Å²) in [4.78, 5) is 13.1. The molecule has 1 amide bonds. The number of hydrogen-bond acceptors (Lipinski definition) is 5. The lowest BCUT2D eigenvalue weighted by Gasteiger charge is -2.11. The van der Waals surface area contributed by atoms with Crippen LogP contribution in [0, 0.1) is 13.8 Å². The van der Waals surface area contributed by atoms with Crippen LogP contribution in [-0.4, -0.2) is 39.7 Å². The molecule has 0 unspecified atom stereocenters. The Kier molecular flexibility index (Phi) is 4.56. The Morgan fingerprint density at radius 3 is 2.48 bits per heavy atom. The van der Waals surface area contributed by atoms with Gasteiger partial charge in [-0.25, -0.2) is 0 Å². The van der Waals surface area contributed by atoms with Crippen molar-refractivity contribution in [1.82, 2.24) is 19.6 Å². The van der Waals surface area contributed by atoms with Gasteiger partial charge in [0.1, 0.15) is 0 Å². The van der Waals surface area contributed by atoms with Crippen LogP contribution < -0.4 is 14.8 Å². The van der Waals surface area contributed by atoms with E-state index in [1.807, 2.05) is 44.6 Å². The van der Waals surface area contributed by atoms with Crippen LogP contribution in [0.4, 0.5) is 5.69 Å². The first-order chi connectivity index (χ1) is 13.9. The number of hydrogen-bond donors (Lipinski definition) is 1. The number of nitrogens with one attached hydrogen (secondary N) is 1. The molecular weight excluding hydrogens is 370 g/mol. The Hall–Kier alpha value is -3.29. The number of carbonyl (C=O) groups excluding carboxylic acids is 1. The maximum absolute atomic E-state index is 13.1. The Morgan fingerprint density at radius 2 is 1.86 bits per heavy atom. The first-order valence-corrected chi connectivity index (χ1v) is 9.56. The molecule has 1 aliphatic rings. The lowest BCUT2D eigenvalue weighted by Crippen LogP contribution is -2.16. The molecule has 2 heterocycles. The number of benzene rings is 1. The van der Waals surface area contributed by atoms with E-state index in [9.17, 15) is 4.79 Å². The zero-order valence-electron chi connectivity index (χ0n) is 17.6. The minimum Gasteiger partial charge on any atom is -0.493 e. The molecule has 4 rings (SSSR count). The summed E-state index contributed by atoms with van der Waals surface area (Å²) in [5, 5.41) is 12.0. The molecule has 8 nitrogen and oxygen atoms in total. The van der Waals surface area contributed by atoms with Gasteiger partial charge in [0.2, 0.25) is 0 Å². The molecule has 0 spiro atoms. The summed E-state index contributed by atoms with van der Waals surface area (Å²) in [6, 6.07) is 3.92. The molecule has 29 heavy (non-hydrogen) atoms. The molecule has 2 aromatic heterocycles. The Morgan fingerprint density at radius 1 is 1.17 bits per heavy atom. The number of aromatic nitrogens is 4. The highest BCUT2D eigenvalue weighted by Gasteiger charge is 2.31. The van der Waals surface area contributed by atoms with Crippen molar-refractivity contribution in [3.05, 3.63) is 40.3 Å². The standard InChI is InChI=1S/C21H25N5O3/c1-7-26-12(3)18(11(2)23-26)22-21(27)19-15-8-13-9-16(28-5)17(29-6)10-14(13)20(15)25(4)24-19/h9-10H,7-8H2,1-6H3,(H,22,27). The summed E-state index contributed by atoms with van der Waals surface area (Å²) in [5.41, 5.74) is 6.85. The smallest absolute Gasteiger partial charge is 0.276 e. The second kappa shape index (κ2) is 6.95. The van der Waals surface area contributed by atoms with Crippen molar-refractivity contribution < 1.29 is 14.3 Å². The SMILES string of the molecule is CCn1nc(C)c(NC(=O)c2nn(C)c3c2Cc2cc(OC)c(OC)cc2-3)c1C. The molecule has 0 atom stereocenters. The maximum atomic E-state index is 13.1. The molecule has 0 fully saturated rings. The first-order valence-electron chi connectivity index (χ1n) is 9.56. The summed E-state index contributed by atoms with van der Waals surface area (Å²) in [7, 11) is 5.09. The van der Waals surface area contributed by atoms with E-state index in [1.54, 1.807) is 18.9 Å². The topological polar surface area (TPSA) is 83.2 Å². The molecule has 0 saturated heterocycles. The maximum Gasteiger partial charge on any atom is 0.276 e. The lowest BCUT2D eigenvalue weighted by atomic mass is 10.1.